The Balaban J connectivity index is 1.90. The smallest absolute Gasteiger partial charge is 0.135 e. The number of amidine groups is 1. The van der Waals surface area contributed by atoms with Gasteiger partial charge in [-0.15, -0.1) is 0 Å². The van der Waals surface area contributed by atoms with E-state index in [1.807, 2.05) is 43.4 Å². The van der Waals surface area contributed by atoms with Crippen molar-refractivity contribution in [1.29, 1.82) is 0 Å². The fraction of sp³-hybridized carbons (Fsp3) is 0.188. The van der Waals surface area contributed by atoms with Gasteiger partial charge in [0.05, 0.1) is 18.2 Å². The van der Waals surface area contributed by atoms with Crippen molar-refractivity contribution in [2.75, 3.05) is 13.6 Å². The molecular weight excluding hydrogens is 236 g/mol. The third-order valence-electron chi connectivity index (χ3n) is 3.54. The molecule has 3 nitrogen and oxygen atoms in total. The van der Waals surface area contributed by atoms with Gasteiger partial charge >= 0.3 is 0 Å². The zero-order valence-electron chi connectivity index (χ0n) is 10.8. The SMILES string of the molecule is CN1C(c2ccccc2O)=NCC1c1ccccc1. The highest BCUT2D eigenvalue weighted by Crippen LogP contribution is 2.29. The van der Waals surface area contributed by atoms with E-state index >= 15 is 0 Å². The third kappa shape index (κ3) is 2.08. The number of hydrogen-bond donors (Lipinski definition) is 1. The molecule has 1 unspecified atom stereocenters. The number of aromatic hydroxyl groups is 1. The van der Waals surface area contributed by atoms with Crippen molar-refractivity contribution in [3.05, 3.63) is 65.7 Å². The van der Waals surface area contributed by atoms with Gasteiger partial charge in [-0.25, -0.2) is 0 Å². The second-order valence-corrected chi connectivity index (χ2v) is 4.72. The number of aliphatic imine (C=N–C) groups is 1. The van der Waals surface area contributed by atoms with E-state index in [1.165, 1.54) is 5.56 Å². The Morgan fingerprint density at radius 3 is 2.47 bits per heavy atom. The number of nitrogens with zero attached hydrogens (tertiary/aromatic N) is 2. The molecule has 1 atom stereocenters. The van der Waals surface area contributed by atoms with Crippen LogP contribution in [-0.2, 0) is 0 Å². The van der Waals surface area contributed by atoms with Crippen LogP contribution in [0.25, 0.3) is 0 Å². The second kappa shape index (κ2) is 4.76. The van der Waals surface area contributed by atoms with Crippen molar-refractivity contribution in [1.82, 2.24) is 4.90 Å². The zero-order valence-corrected chi connectivity index (χ0v) is 10.8. The minimum Gasteiger partial charge on any atom is -0.507 e. The van der Waals surface area contributed by atoms with E-state index < -0.39 is 0 Å². The molecule has 2 aromatic rings. The molecule has 19 heavy (non-hydrogen) atoms. The first kappa shape index (κ1) is 11.8. The van der Waals surface area contributed by atoms with Gasteiger partial charge in [-0.2, -0.15) is 0 Å². The van der Waals surface area contributed by atoms with E-state index in [9.17, 15) is 5.11 Å². The summed E-state index contributed by atoms with van der Waals surface area (Å²) in [5.41, 5.74) is 2.04. The summed E-state index contributed by atoms with van der Waals surface area (Å²) in [4.78, 5) is 6.72. The molecule has 0 amide bonds. The monoisotopic (exact) mass is 252 g/mol. The van der Waals surface area contributed by atoms with Crippen molar-refractivity contribution in [3.8, 4) is 5.75 Å². The topological polar surface area (TPSA) is 35.8 Å². The molecule has 1 N–H and O–H groups in total. The Morgan fingerprint density at radius 2 is 1.74 bits per heavy atom. The summed E-state index contributed by atoms with van der Waals surface area (Å²) in [7, 11) is 2.02. The maximum absolute atomic E-state index is 9.94. The maximum atomic E-state index is 9.94. The molecule has 2 aromatic carbocycles. The average molecular weight is 252 g/mol. The van der Waals surface area contributed by atoms with E-state index in [2.05, 4.69) is 22.0 Å². The lowest BCUT2D eigenvalue weighted by molar-refractivity contribution is 0.415. The van der Waals surface area contributed by atoms with E-state index in [4.69, 9.17) is 0 Å². The predicted octanol–water partition coefficient (Wildman–Crippen LogP) is 2.83. The molecule has 0 radical (unpaired) electrons. The third-order valence-corrected chi connectivity index (χ3v) is 3.54. The van der Waals surface area contributed by atoms with Crippen molar-refractivity contribution in [2.45, 2.75) is 6.04 Å². The largest absolute Gasteiger partial charge is 0.507 e. The quantitative estimate of drug-likeness (QED) is 0.892. The van der Waals surface area contributed by atoms with Crippen LogP contribution in [0, 0.1) is 0 Å². The summed E-state index contributed by atoms with van der Waals surface area (Å²) in [5, 5.41) is 9.94. The van der Waals surface area contributed by atoms with Gasteiger partial charge in [0.2, 0.25) is 0 Å². The summed E-state index contributed by atoms with van der Waals surface area (Å²) >= 11 is 0. The molecule has 1 heterocycles. The molecule has 96 valence electrons. The molecule has 0 bridgehead atoms. The average Bonchev–Trinajstić information content (AvgIpc) is 2.82. The minimum atomic E-state index is 0.246. The standard InChI is InChI=1S/C16H16N2O/c1-18-14(12-7-3-2-4-8-12)11-17-16(18)13-9-5-6-10-15(13)19/h2-10,14,19H,11H2,1H3. The summed E-state index contributed by atoms with van der Waals surface area (Å²) in [6.07, 6.45) is 0. The fourth-order valence-electron chi connectivity index (χ4n) is 2.50. The Bertz CT molecular complexity index is 607. The minimum absolute atomic E-state index is 0.246. The zero-order chi connectivity index (χ0) is 13.2. The lowest BCUT2D eigenvalue weighted by Crippen LogP contribution is -2.27. The Labute approximate surface area is 112 Å². The number of rotatable bonds is 2. The predicted molar refractivity (Wildman–Crippen MR) is 76.5 cm³/mol. The van der Waals surface area contributed by atoms with Gasteiger partial charge < -0.3 is 10.0 Å². The molecule has 1 aliphatic heterocycles. The van der Waals surface area contributed by atoms with E-state index in [1.54, 1.807) is 6.07 Å². The van der Waals surface area contributed by atoms with Crippen molar-refractivity contribution >= 4 is 5.84 Å². The maximum Gasteiger partial charge on any atom is 0.135 e. The van der Waals surface area contributed by atoms with Crippen LogP contribution in [0.5, 0.6) is 5.75 Å². The van der Waals surface area contributed by atoms with Crippen LogP contribution in [0.3, 0.4) is 0 Å². The van der Waals surface area contributed by atoms with E-state index in [0.717, 1.165) is 17.9 Å². The molecule has 1 aliphatic rings. The van der Waals surface area contributed by atoms with E-state index in [0.29, 0.717) is 0 Å². The van der Waals surface area contributed by atoms with Crippen LogP contribution in [0.15, 0.2) is 59.6 Å². The van der Waals surface area contributed by atoms with Gasteiger partial charge in [0, 0.05) is 7.05 Å². The molecule has 0 spiro atoms. The molecule has 0 aliphatic carbocycles. The van der Waals surface area contributed by atoms with Gasteiger partial charge in [-0.3, -0.25) is 4.99 Å². The summed E-state index contributed by atoms with van der Waals surface area (Å²) in [5.74, 6) is 1.13. The Kier molecular flexibility index (Phi) is 2.95. The number of phenolic OH excluding ortho intramolecular Hbond substituents is 1. The number of phenols is 1. The van der Waals surface area contributed by atoms with Gasteiger partial charge in [0.15, 0.2) is 0 Å². The summed E-state index contributed by atoms with van der Waals surface area (Å²) < 4.78 is 0. The van der Waals surface area contributed by atoms with Crippen LogP contribution >= 0.6 is 0 Å². The highest BCUT2D eigenvalue weighted by molar-refractivity contribution is 6.02. The van der Waals surface area contributed by atoms with Crippen LogP contribution in [0.1, 0.15) is 17.2 Å². The van der Waals surface area contributed by atoms with Gasteiger partial charge in [-0.1, -0.05) is 42.5 Å². The Morgan fingerprint density at radius 1 is 1.05 bits per heavy atom. The van der Waals surface area contributed by atoms with Crippen LogP contribution in [0.4, 0.5) is 0 Å². The molecule has 0 fully saturated rings. The second-order valence-electron chi connectivity index (χ2n) is 4.72. The molecule has 3 rings (SSSR count). The summed E-state index contributed by atoms with van der Waals surface area (Å²) in [6.45, 7) is 0.726. The molecular formula is C16H16N2O. The fourth-order valence-corrected chi connectivity index (χ4v) is 2.50. The molecule has 0 aromatic heterocycles. The number of hydrogen-bond acceptors (Lipinski definition) is 3. The number of para-hydroxylation sites is 1. The highest BCUT2D eigenvalue weighted by Gasteiger charge is 2.27. The van der Waals surface area contributed by atoms with Crippen LogP contribution in [-0.4, -0.2) is 29.4 Å². The van der Waals surface area contributed by atoms with Crippen molar-refractivity contribution in [2.24, 2.45) is 4.99 Å². The Hall–Kier alpha value is -2.29. The van der Waals surface area contributed by atoms with Gasteiger partial charge in [0.1, 0.15) is 11.6 Å². The first-order valence-corrected chi connectivity index (χ1v) is 6.38. The molecule has 3 heteroatoms. The highest BCUT2D eigenvalue weighted by atomic mass is 16.3. The number of benzene rings is 2. The van der Waals surface area contributed by atoms with Crippen molar-refractivity contribution in [3.63, 3.8) is 0 Å². The van der Waals surface area contributed by atoms with Crippen LogP contribution in [0.2, 0.25) is 0 Å². The van der Waals surface area contributed by atoms with Gasteiger partial charge in [-0.05, 0) is 17.7 Å². The van der Waals surface area contributed by atoms with Crippen molar-refractivity contribution < 1.29 is 5.11 Å². The number of likely N-dealkylation sites (N-methyl/N-ethyl adjacent to an activating group) is 1. The normalized spacial score (nSPS) is 18.5. The lowest BCUT2D eigenvalue weighted by atomic mass is 10.1. The van der Waals surface area contributed by atoms with Gasteiger partial charge in [0.25, 0.3) is 0 Å². The molecule has 0 saturated carbocycles. The summed E-state index contributed by atoms with van der Waals surface area (Å²) in [6, 6.07) is 17.9. The first-order chi connectivity index (χ1) is 9.27. The molecule has 0 saturated heterocycles. The van der Waals surface area contributed by atoms with E-state index in [-0.39, 0.29) is 11.8 Å². The first-order valence-electron chi connectivity index (χ1n) is 6.38. The van der Waals surface area contributed by atoms with Crippen LogP contribution < -0.4 is 0 Å². The lowest BCUT2D eigenvalue weighted by Gasteiger charge is -2.24.